The van der Waals surface area contributed by atoms with Crippen molar-refractivity contribution in [1.29, 1.82) is 0 Å². The van der Waals surface area contributed by atoms with E-state index in [0.29, 0.717) is 5.75 Å². The normalized spacial score (nSPS) is 14.8. The Labute approximate surface area is 112 Å². The van der Waals surface area contributed by atoms with Gasteiger partial charge in [0.25, 0.3) is 0 Å². The third-order valence-corrected chi connectivity index (χ3v) is 3.50. The Bertz CT molecular complexity index is 561. The number of rotatable bonds is 6. The Morgan fingerprint density at radius 1 is 1.11 bits per heavy atom. The third kappa shape index (κ3) is 2.88. The van der Waals surface area contributed by atoms with Gasteiger partial charge in [0.2, 0.25) is 0 Å². The van der Waals surface area contributed by atoms with Gasteiger partial charge in [-0.3, -0.25) is 0 Å². The second kappa shape index (κ2) is 5.59. The Hall–Kier alpha value is -1.58. The smallest absolute Gasteiger partial charge is 0.189 e. The number of benzene rings is 2. The van der Waals surface area contributed by atoms with Gasteiger partial charge in [0, 0.05) is 5.56 Å². The highest BCUT2D eigenvalue weighted by Crippen LogP contribution is 2.30. The Balaban J connectivity index is 1.73. The van der Waals surface area contributed by atoms with Crippen LogP contribution in [0.15, 0.2) is 36.4 Å². The van der Waals surface area contributed by atoms with Gasteiger partial charge in [-0.15, -0.1) is 0 Å². The maximum atomic E-state index is 9.55. The number of hydrogen-bond donors (Lipinski definition) is 1. The van der Waals surface area contributed by atoms with Crippen molar-refractivity contribution in [1.82, 2.24) is 0 Å². The lowest BCUT2D eigenvalue weighted by Gasteiger charge is -2.12. The van der Waals surface area contributed by atoms with E-state index in [9.17, 15) is 5.11 Å². The molecule has 0 spiro atoms. The summed E-state index contributed by atoms with van der Waals surface area (Å²) in [6, 6.07) is 11.9. The minimum absolute atomic E-state index is 0.0285. The van der Waals surface area contributed by atoms with E-state index < -0.39 is 0 Å². The van der Waals surface area contributed by atoms with Gasteiger partial charge in [-0.25, -0.2) is 0 Å². The SMILES string of the molecule is OCc1c(OCOCC2CC2)ccc2ccccc12. The van der Waals surface area contributed by atoms with E-state index in [-0.39, 0.29) is 13.4 Å². The zero-order chi connectivity index (χ0) is 13.1. The molecule has 100 valence electrons. The van der Waals surface area contributed by atoms with Gasteiger partial charge in [-0.2, -0.15) is 0 Å². The second-order valence-corrected chi connectivity index (χ2v) is 5.00. The number of ether oxygens (including phenoxy) is 2. The maximum Gasteiger partial charge on any atom is 0.189 e. The largest absolute Gasteiger partial charge is 0.467 e. The molecule has 0 radical (unpaired) electrons. The molecule has 1 fully saturated rings. The fourth-order valence-corrected chi connectivity index (χ4v) is 2.22. The van der Waals surface area contributed by atoms with Gasteiger partial charge < -0.3 is 14.6 Å². The second-order valence-electron chi connectivity index (χ2n) is 5.00. The quantitative estimate of drug-likeness (QED) is 0.639. The summed E-state index contributed by atoms with van der Waals surface area (Å²) in [6.07, 6.45) is 2.55. The summed E-state index contributed by atoms with van der Waals surface area (Å²) in [5.41, 5.74) is 0.827. The number of hydrogen-bond acceptors (Lipinski definition) is 3. The molecule has 1 aliphatic carbocycles. The maximum absolute atomic E-state index is 9.55. The lowest BCUT2D eigenvalue weighted by molar-refractivity contribution is 0.00903. The fourth-order valence-electron chi connectivity index (χ4n) is 2.22. The first-order valence-corrected chi connectivity index (χ1v) is 6.70. The molecule has 3 rings (SSSR count). The van der Waals surface area contributed by atoms with Crippen LogP contribution in [0.4, 0.5) is 0 Å². The predicted molar refractivity (Wildman–Crippen MR) is 74.0 cm³/mol. The van der Waals surface area contributed by atoms with Crippen molar-refractivity contribution < 1.29 is 14.6 Å². The standard InChI is InChI=1S/C16H18O3/c17-9-15-14-4-2-1-3-13(14)7-8-16(15)19-11-18-10-12-5-6-12/h1-4,7-8,12,17H,5-6,9-11H2. The minimum atomic E-state index is -0.0285. The van der Waals surface area contributed by atoms with Crippen molar-refractivity contribution >= 4 is 10.8 Å². The Morgan fingerprint density at radius 2 is 1.95 bits per heavy atom. The first-order chi connectivity index (χ1) is 9.38. The molecule has 2 aromatic carbocycles. The van der Waals surface area contributed by atoms with Crippen molar-refractivity contribution in [2.75, 3.05) is 13.4 Å². The summed E-state index contributed by atoms with van der Waals surface area (Å²) in [7, 11) is 0. The molecular weight excluding hydrogens is 240 g/mol. The molecule has 0 amide bonds. The monoisotopic (exact) mass is 258 g/mol. The van der Waals surface area contributed by atoms with E-state index >= 15 is 0 Å². The van der Waals surface area contributed by atoms with Crippen molar-refractivity contribution in [2.45, 2.75) is 19.4 Å². The van der Waals surface area contributed by atoms with Gasteiger partial charge in [0.1, 0.15) is 5.75 Å². The molecule has 0 atom stereocenters. The lowest BCUT2D eigenvalue weighted by Crippen LogP contribution is -2.06. The van der Waals surface area contributed by atoms with Crippen LogP contribution in [-0.2, 0) is 11.3 Å². The summed E-state index contributed by atoms with van der Waals surface area (Å²) in [5, 5.41) is 11.7. The van der Waals surface area contributed by atoms with Crippen LogP contribution in [0.25, 0.3) is 10.8 Å². The van der Waals surface area contributed by atoms with E-state index in [0.717, 1.165) is 28.9 Å². The molecule has 0 heterocycles. The van der Waals surface area contributed by atoms with Crippen LogP contribution in [0.1, 0.15) is 18.4 Å². The Kier molecular flexibility index (Phi) is 3.67. The molecular formula is C16H18O3. The van der Waals surface area contributed by atoms with Crippen molar-refractivity contribution in [3.8, 4) is 5.75 Å². The topological polar surface area (TPSA) is 38.7 Å². The van der Waals surface area contributed by atoms with Gasteiger partial charge in [0.05, 0.1) is 13.2 Å². The zero-order valence-corrected chi connectivity index (χ0v) is 10.8. The van der Waals surface area contributed by atoms with Crippen molar-refractivity contribution in [3.63, 3.8) is 0 Å². The van der Waals surface area contributed by atoms with E-state index in [1.807, 2.05) is 36.4 Å². The first kappa shape index (κ1) is 12.5. The average molecular weight is 258 g/mol. The molecule has 0 saturated heterocycles. The number of aliphatic hydroxyl groups is 1. The summed E-state index contributed by atoms with van der Waals surface area (Å²) in [5.74, 6) is 1.44. The summed E-state index contributed by atoms with van der Waals surface area (Å²) >= 11 is 0. The number of aliphatic hydroxyl groups excluding tert-OH is 1. The predicted octanol–water partition coefficient (Wildman–Crippen LogP) is 3.10. The molecule has 3 heteroatoms. The molecule has 0 aromatic heterocycles. The van der Waals surface area contributed by atoms with Crippen LogP contribution in [0.5, 0.6) is 5.75 Å². The molecule has 0 bridgehead atoms. The minimum Gasteiger partial charge on any atom is -0.467 e. The molecule has 0 unspecified atom stereocenters. The van der Waals surface area contributed by atoms with Crippen LogP contribution in [-0.4, -0.2) is 18.5 Å². The molecule has 1 N–H and O–H groups in total. The summed E-state index contributed by atoms with van der Waals surface area (Å²) in [4.78, 5) is 0. The first-order valence-electron chi connectivity index (χ1n) is 6.70. The highest BCUT2D eigenvalue weighted by Gasteiger charge is 2.21. The van der Waals surface area contributed by atoms with Gasteiger partial charge in [0.15, 0.2) is 6.79 Å². The van der Waals surface area contributed by atoms with Crippen LogP contribution in [0.2, 0.25) is 0 Å². The van der Waals surface area contributed by atoms with Gasteiger partial charge in [-0.05, 0) is 35.6 Å². The van der Waals surface area contributed by atoms with E-state index in [1.165, 1.54) is 12.8 Å². The molecule has 1 saturated carbocycles. The molecule has 3 nitrogen and oxygen atoms in total. The average Bonchev–Trinajstić information content (AvgIpc) is 3.27. The summed E-state index contributed by atoms with van der Waals surface area (Å²) in [6.45, 7) is 1.00. The highest BCUT2D eigenvalue weighted by molar-refractivity contribution is 5.87. The van der Waals surface area contributed by atoms with Crippen LogP contribution >= 0.6 is 0 Å². The van der Waals surface area contributed by atoms with Crippen LogP contribution in [0.3, 0.4) is 0 Å². The molecule has 0 aliphatic heterocycles. The highest BCUT2D eigenvalue weighted by atomic mass is 16.7. The van der Waals surface area contributed by atoms with Crippen molar-refractivity contribution in [2.24, 2.45) is 5.92 Å². The molecule has 19 heavy (non-hydrogen) atoms. The lowest BCUT2D eigenvalue weighted by atomic mass is 10.0. The van der Waals surface area contributed by atoms with E-state index in [1.54, 1.807) is 0 Å². The molecule has 1 aliphatic rings. The fraction of sp³-hybridized carbons (Fsp3) is 0.375. The van der Waals surface area contributed by atoms with Crippen molar-refractivity contribution in [3.05, 3.63) is 42.0 Å². The third-order valence-electron chi connectivity index (χ3n) is 3.50. The molecule has 2 aromatic rings. The van der Waals surface area contributed by atoms with Gasteiger partial charge in [-0.1, -0.05) is 30.3 Å². The Morgan fingerprint density at radius 3 is 2.74 bits per heavy atom. The summed E-state index contributed by atoms with van der Waals surface area (Å²) < 4.78 is 11.1. The van der Waals surface area contributed by atoms with Gasteiger partial charge >= 0.3 is 0 Å². The van der Waals surface area contributed by atoms with E-state index in [4.69, 9.17) is 9.47 Å². The van der Waals surface area contributed by atoms with Crippen LogP contribution in [0, 0.1) is 5.92 Å². The zero-order valence-electron chi connectivity index (χ0n) is 10.8. The van der Waals surface area contributed by atoms with Crippen LogP contribution < -0.4 is 4.74 Å². The number of fused-ring (bicyclic) bond motifs is 1. The van der Waals surface area contributed by atoms with E-state index in [2.05, 4.69) is 0 Å².